The number of phenolic OH excluding ortho intramolecular Hbond substituents is 1. The van der Waals surface area contributed by atoms with Crippen molar-refractivity contribution in [3.8, 4) is 5.75 Å². The van der Waals surface area contributed by atoms with Crippen molar-refractivity contribution >= 4 is 0 Å². The summed E-state index contributed by atoms with van der Waals surface area (Å²) in [6.45, 7) is 4.73. The molecule has 8 aliphatic rings. The number of benzene rings is 1. The average Bonchev–Trinajstić information content (AvgIpc) is 2.58. The lowest BCUT2D eigenvalue weighted by Gasteiger charge is -2.59. The summed E-state index contributed by atoms with van der Waals surface area (Å²) < 4.78 is 0. The molecule has 1 aromatic carbocycles. The zero-order valence-corrected chi connectivity index (χ0v) is 18.5. The van der Waals surface area contributed by atoms with E-state index >= 15 is 0 Å². The molecule has 0 saturated heterocycles. The van der Waals surface area contributed by atoms with Crippen molar-refractivity contribution in [3.63, 3.8) is 0 Å². The van der Waals surface area contributed by atoms with E-state index in [1.807, 2.05) is 0 Å². The zero-order chi connectivity index (χ0) is 19.5. The molecule has 1 N–H and O–H groups in total. The number of phenols is 1. The fraction of sp³-hybridized carbons (Fsp3) is 0.786. The van der Waals surface area contributed by atoms with Crippen LogP contribution in [-0.2, 0) is 10.8 Å². The predicted octanol–water partition coefficient (Wildman–Crippen LogP) is 6.94. The summed E-state index contributed by atoms with van der Waals surface area (Å²) >= 11 is 0. The van der Waals surface area contributed by atoms with E-state index in [-0.39, 0.29) is 0 Å². The van der Waals surface area contributed by atoms with Crippen LogP contribution in [0.5, 0.6) is 5.75 Å². The van der Waals surface area contributed by atoms with E-state index in [4.69, 9.17) is 0 Å². The molecule has 1 aromatic rings. The third-order valence-electron chi connectivity index (χ3n) is 10.9. The number of aromatic hydroxyl groups is 1. The largest absolute Gasteiger partial charge is 0.508 e. The van der Waals surface area contributed by atoms with Gasteiger partial charge in [0.2, 0.25) is 0 Å². The van der Waals surface area contributed by atoms with Gasteiger partial charge in [-0.3, -0.25) is 0 Å². The number of rotatable bonds is 2. The first-order valence-corrected chi connectivity index (χ1v) is 12.8. The van der Waals surface area contributed by atoms with Gasteiger partial charge in [0, 0.05) is 11.0 Å². The van der Waals surface area contributed by atoms with Gasteiger partial charge < -0.3 is 5.11 Å². The molecule has 0 aromatic heterocycles. The molecule has 9 rings (SSSR count). The topological polar surface area (TPSA) is 20.2 Å². The highest BCUT2D eigenvalue weighted by atomic mass is 16.3. The smallest absolute Gasteiger partial charge is 0.119 e. The monoisotopic (exact) mass is 390 g/mol. The highest BCUT2D eigenvalue weighted by Gasteiger charge is 2.55. The van der Waals surface area contributed by atoms with Gasteiger partial charge >= 0.3 is 0 Å². The Balaban J connectivity index is 1.39. The van der Waals surface area contributed by atoms with Gasteiger partial charge in [0.05, 0.1) is 0 Å². The normalized spacial score (nSPS) is 49.2. The lowest BCUT2D eigenvalue weighted by molar-refractivity contribution is -0.00971. The van der Waals surface area contributed by atoms with Crippen molar-refractivity contribution in [1.82, 2.24) is 0 Å². The molecule has 0 aliphatic heterocycles. The Hall–Kier alpha value is -0.980. The summed E-state index contributed by atoms with van der Waals surface area (Å²) in [6.07, 6.45) is 17.4. The fourth-order valence-corrected chi connectivity index (χ4v) is 11.3. The Morgan fingerprint density at radius 1 is 0.621 bits per heavy atom. The maximum Gasteiger partial charge on any atom is 0.119 e. The van der Waals surface area contributed by atoms with Crippen LogP contribution in [0.3, 0.4) is 0 Å². The first kappa shape index (κ1) is 17.7. The molecule has 29 heavy (non-hydrogen) atoms. The maximum atomic E-state index is 11.3. The maximum absolute atomic E-state index is 11.3. The summed E-state index contributed by atoms with van der Waals surface area (Å²) in [5, 5.41) is 11.3. The van der Waals surface area contributed by atoms with Gasteiger partial charge in [0.15, 0.2) is 0 Å². The third-order valence-corrected chi connectivity index (χ3v) is 10.9. The Kier molecular flexibility index (Phi) is 3.43. The number of aryl methyl sites for hydroxylation is 1. The predicted molar refractivity (Wildman–Crippen MR) is 117 cm³/mol. The van der Waals surface area contributed by atoms with E-state index in [1.165, 1.54) is 93.7 Å². The van der Waals surface area contributed by atoms with E-state index in [2.05, 4.69) is 19.9 Å². The van der Waals surface area contributed by atoms with Gasteiger partial charge in [-0.25, -0.2) is 0 Å². The zero-order valence-electron chi connectivity index (χ0n) is 18.5. The highest BCUT2D eigenvalue weighted by Crippen LogP contribution is 2.65. The van der Waals surface area contributed by atoms with E-state index < -0.39 is 0 Å². The van der Waals surface area contributed by atoms with E-state index in [0.717, 1.165) is 35.5 Å². The molecule has 1 nitrogen and oxygen atoms in total. The van der Waals surface area contributed by atoms with Crippen molar-refractivity contribution in [3.05, 3.63) is 28.3 Å². The van der Waals surface area contributed by atoms with Gasteiger partial charge in [0.1, 0.15) is 5.75 Å². The average molecular weight is 391 g/mol. The molecule has 0 unspecified atom stereocenters. The van der Waals surface area contributed by atoms with E-state index in [1.54, 1.807) is 5.56 Å². The van der Waals surface area contributed by atoms with E-state index in [0.29, 0.717) is 16.6 Å². The quantitative estimate of drug-likeness (QED) is 0.579. The second-order valence-corrected chi connectivity index (χ2v) is 13.0. The molecule has 0 atom stereocenters. The lowest BCUT2D eigenvalue weighted by atomic mass is 9.45. The lowest BCUT2D eigenvalue weighted by Crippen LogP contribution is -2.50. The van der Waals surface area contributed by atoms with Crippen LogP contribution in [0, 0.1) is 49.4 Å². The Morgan fingerprint density at radius 2 is 0.966 bits per heavy atom. The molecule has 1 heteroatoms. The second-order valence-electron chi connectivity index (χ2n) is 13.0. The van der Waals surface area contributed by atoms with Crippen LogP contribution in [0.4, 0.5) is 0 Å². The van der Waals surface area contributed by atoms with Gasteiger partial charge in [0.25, 0.3) is 0 Å². The van der Waals surface area contributed by atoms with Crippen molar-refractivity contribution in [1.29, 1.82) is 0 Å². The third kappa shape index (κ3) is 2.34. The highest BCUT2D eigenvalue weighted by molar-refractivity contribution is 5.56. The van der Waals surface area contributed by atoms with Crippen molar-refractivity contribution in [2.24, 2.45) is 35.5 Å². The van der Waals surface area contributed by atoms with Crippen molar-refractivity contribution in [2.45, 2.75) is 102 Å². The Labute approximate surface area is 176 Å². The standard InChI is InChI=1S/C28H38O/c1-16-3-24(29)26(28-13-21-7-22(14-28)9-23(8-21)15-28)17(2)25(16)27-10-18-4-19(11-27)6-20(5-18)12-27/h3,18-23,29H,4-15H2,1-2H3. The number of hydrogen-bond acceptors (Lipinski definition) is 1. The van der Waals surface area contributed by atoms with Crippen LogP contribution in [-0.4, -0.2) is 5.11 Å². The van der Waals surface area contributed by atoms with Crippen molar-refractivity contribution in [2.75, 3.05) is 0 Å². The molecule has 8 bridgehead atoms. The van der Waals surface area contributed by atoms with Crippen LogP contribution in [0.1, 0.15) is 99.3 Å². The molecule has 0 radical (unpaired) electrons. The summed E-state index contributed by atoms with van der Waals surface area (Å²) in [5.74, 6) is 6.40. The minimum Gasteiger partial charge on any atom is -0.508 e. The van der Waals surface area contributed by atoms with Gasteiger partial charge in [-0.15, -0.1) is 0 Å². The van der Waals surface area contributed by atoms with Gasteiger partial charge in [-0.2, -0.15) is 0 Å². The fourth-order valence-electron chi connectivity index (χ4n) is 11.3. The summed E-state index contributed by atoms with van der Waals surface area (Å²) in [4.78, 5) is 0. The molecule has 0 heterocycles. The second kappa shape index (κ2) is 5.63. The molecular weight excluding hydrogens is 352 g/mol. The molecule has 8 aliphatic carbocycles. The van der Waals surface area contributed by atoms with Crippen molar-refractivity contribution < 1.29 is 5.11 Å². The minimum absolute atomic E-state index is 0.299. The summed E-state index contributed by atoms with van der Waals surface area (Å²) in [6, 6.07) is 2.20. The van der Waals surface area contributed by atoms with Crippen LogP contribution in [0.2, 0.25) is 0 Å². The van der Waals surface area contributed by atoms with Crippen LogP contribution in [0.15, 0.2) is 6.07 Å². The van der Waals surface area contributed by atoms with Crippen LogP contribution < -0.4 is 0 Å². The Morgan fingerprint density at radius 3 is 1.34 bits per heavy atom. The van der Waals surface area contributed by atoms with Gasteiger partial charge in [-0.05, 0) is 155 Å². The first-order chi connectivity index (χ1) is 13.9. The number of hydrogen-bond donors (Lipinski definition) is 1. The van der Waals surface area contributed by atoms with Gasteiger partial charge in [-0.1, -0.05) is 0 Å². The summed E-state index contributed by atoms with van der Waals surface area (Å²) in [5.41, 5.74) is 6.80. The summed E-state index contributed by atoms with van der Waals surface area (Å²) in [7, 11) is 0. The molecule has 0 amide bonds. The molecular formula is C28H38O. The SMILES string of the molecule is Cc1cc(O)c(C23CC4CC(CC(C4)C2)C3)c(C)c1C12CC3CC(CC(C3)C1)C2. The van der Waals surface area contributed by atoms with E-state index in [9.17, 15) is 5.11 Å². The van der Waals surface area contributed by atoms with Crippen LogP contribution in [0.25, 0.3) is 0 Å². The molecule has 8 saturated carbocycles. The molecule has 0 spiro atoms. The molecule has 156 valence electrons. The van der Waals surface area contributed by atoms with Crippen LogP contribution >= 0.6 is 0 Å². The Bertz CT molecular complexity index is 738. The molecule has 8 fully saturated rings. The first-order valence-electron chi connectivity index (χ1n) is 12.8. The minimum atomic E-state index is 0.299.